The first-order valence-electron chi connectivity index (χ1n) is 9.97. The molecule has 4 atom stereocenters. The molecule has 0 aromatic rings. The first-order chi connectivity index (χ1) is 12.7. The van der Waals surface area contributed by atoms with Crippen molar-refractivity contribution in [3.8, 4) is 0 Å². The van der Waals surface area contributed by atoms with E-state index in [1.807, 2.05) is 0 Å². The summed E-state index contributed by atoms with van der Waals surface area (Å²) in [7, 11) is -3.13. The second-order valence-electron chi connectivity index (χ2n) is 8.61. The number of rotatable bonds is 4. The van der Waals surface area contributed by atoms with Gasteiger partial charge < -0.3 is 4.74 Å². The molecule has 2 fully saturated rings. The van der Waals surface area contributed by atoms with Crippen molar-refractivity contribution in [2.24, 2.45) is 22.9 Å². The molecule has 0 radical (unpaired) electrons. The van der Waals surface area contributed by atoms with Crippen LogP contribution in [0.3, 0.4) is 0 Å². The van der Waals surface area contributed by atoms with Gasteiger partial charge in [-0.25, -0.2) is 18.2 Å². The highest BCUT2D eigenvalue weighted by molar-refractivity contribution is 7.91. The monoisotopic (exact) mass is 398 g/mol. The van der Waals surface area contributed by atoms with Crippen LogP contribution in [0.5, 0.6) is 0 Å². The summed E-state index contributed by atoms with van der Waals surface area (Å²) >= 11 is 0. The van der Waals surface area contributed by atoms with Gasteiger partial charge in [-0.15, -0.1) is 0 Å². The summed E-state index contributed by atoms with van der Waals surface area (Å²) in [4.78, 5) is 24.9. The number of esters is 1. The van der Waals surface area contributed by atoms with E-state index in [9.17, 15) is 18.0 Å². The molecule has 1 saturated carbocycles. The third-order valence-corrected chi connectivity index (χ3v) is 7.82. The molecule has 2 aliphatic heterocycles. The average molecular weight is 399 g/mol. The van der Waals surface area contributed by atoms with Crippen LogP contribution in [0.25, 0.3) is 0 Å². The summed E-state index contributed by atoms with van der Waals surface area (Å²) < 4.78 is 29.3. The Morgan fingerprint density at radius 2 is 1.96 bits per heavy atom. The summed E-state index contributed by atoms with van der Waals surface area (Å²) in [5.41, 5.74) is 0.236. The van der Waals surface area contributed by atoms with Crippen LogP contribution in [0.15, 0.2) is 5.10 Å². The first-order valence-corrected chi connectivity index (χ1v) is 11.8. The van der Waals surface area contributed by atoms with E-state index in [4.69, 9.17) is 4.74 Å². The molecule has 0 unspecified atom stereocenters. The van der Waals surface area contributed by atoms with Crippen molar-refractivity contribution < 1.29 is 22.7 Å². The molecule has 1 aliphatic carbocycles. The molecule has 0 N–H and O–H groups in total. The van der Waals surface area contributed by atoms with Gasteiger partial charge in [0.15, 0.2) is 9.84 Å². The third kappa shape index (κ3) is 4.70. The molecule has 8 heteroatoms. The number of hydrazone groups is 1. The van der Waals surface area contributed by atoms with E-state index in [1.54, 1.807) is 0 Å². The van der Waals surface area contributed by atoms with Crippen LogP contribution in [0.2, 0.25) is 0 Å². The number of carbonyl (C=O) groups is 2. The summed E-state index contributed by atoms with van der Waals surface area (Å²) in [5.74, 6) is 0.593. The predicted octanol–water partition coefficient (Wildman–Crippen LogP) is 2.16. The number of hydrogen-bond donors (Lipinski definition) is 0. The fourth-order valence-corrected chi connectivity index (χ4v) is 6.12. The van der Waals surface area contributed by atoms with Crippen molar-refractivity contribution in [2.45, 2.75) is 71.4 Å². The Morgan fingerprint density at radius 3 is 2.59 bits per heavy atom. The van der Waals surface area contributed by atoms with Gasteiger partial charge >= 0.3 is 5.97 Å². The zero-order valence-corrected chi connectivity index (χ0v) is 17.2. The third-order valence-electron chi connectivity index (χ3n) is 6.07. The molecular weight excluding hydrogens is 368 g/mol. The smallest absolute Gasteiger partial charge is 0.354 e. The molecule has 7 nitrogen and oxygen atoms in total. The van der Waals surface area contributed by atoms with Crippen LogP contribution >= 0.6 is 0 Å². The van der Waals surface area contributed by atoms with E-state index in [0.717, 1.165) is 19.3 Å². The minimum atomic E-state index is -3.13. The maximum Gasteiger partial charge on any atom is 0.354 e. The van der Waals surface area contributed by atoms with Gasteiger partial charge in [-0.1, -0.05) is 27.2 Å². The molecule has 27 heavy (non-hydrogen) atoms. The Labute approximate surface area is 161 Å². The van der Waals surface area contributed by atoms with Crippen LogP contribution < -0.4 is 0 Å². The molecule has 0 aromatic carbocycles. The van der Waals surface area contributed by atoms with E-state index >= 15 is 0 Å². The van der Waals surface area contributed by atoms with Crippen molar-refractivity contribution in [2.75, 3.05) is 11.5 Å². The van der Waals surface area contributed by atoms with Gasteiger partial charge in [0.1, 0.15) is 11.8 Å². The number of ether oxygens (including phenoxy) is 1. The SMILES string of the molecule is CC(C)[C@H]1CC[C@@H](C)C[C@H]1OC(=O)C1=NN([C@H]2CCS(=O)(=O)C2)C(=O)CC1. The maximum atomic E-state index is 12.7. The van der Waals surface area contributed by atoms with E-state index in [-0.39, 0.29) is 42.1 Å². The highest BCUT2D eigenvalue weighted by Gasteiger charge is 2.39. The van der Waals surface area contributed by atoms with Gasteiger partial charge in [-0.3, -0.25) is 4.79 Å². The van der Waals surface area contributed by atoms with Gasteiger partial charge in [-0.2, -0.15) is 5.10 Å². The van der Waals surface area contributed by atoms with Crippen LogP contribution in [-0.2, 0) is 24.2 Å². The number of sulfone groups is 1. The van der Waals surface area contributed by atoms with E-state index in [2.05, 4.69) is 25.9 Å². The van der Waals surface area contributed by atoms with Crippen LogP contribution in [0.1, 0.15) is 59.3 Å². The summed E-state index contributed by atoms with van der Waals surface area (Å²) in [5, 5.41) is 5.44. The highest BCUT2D eigenvalue weighted by atomic mass is 32.2. The van der Waals surface area contributed by atoms with Gasteiger partial charge in [0.2, 0.25) is 5.91 Å². The molecule has 3 aliphatic rings. The Morgan fingerprint density at radius 1 is 1.22 bits per heavy atom. The van der Waals surface area contributed by atoms with Crippen LogP contribution in [0.4, 0.5) is 0 Å². The summed E-state index contributed by atoms with van der Waals surface area (Å²) in [6.07, 6.45) is 3.72. The largest absolute Gasteiger partial charge is 0.458 e. The van der Waals surface area contributed by atoms with Crippen molar-refractivity contribution in [1.82, 2.24) is 5.01 Å². The van der Waals surface area contributed by atoms with Gasteiger partial charge in [0.05, 0.1) is 17.5 Å². The van der Waals surface area contributed by atoms with Crippen molar-refractivity contribution in [3.05, 3.63) is 0 Å². The molecule has 0 bridgehead atoms. The lowest BCUT2D eigenvalue weighted by Gasteiger charge is -2.37. The fraction of sp³-hybridized carbons (Fsp3) is 0.842. The van der Waals surface area contributed by atoms with Crippen molar-refractivity contribution >= 4 is 27.4 Å². The zero-order chi connectivity index (χ0) is 19.8. The first kappa shape index (κ1) is 20.3. The summed E-state index contributed by atoms with van der Waals surface area (Å²) in [6, 6.07) is -0.469. The molecule has 1 saturated heterocycles. The normalized spacial score (nSPS) is 33.9. The van der Waals surface area contributed by atoms with Crippen LogP contribution in [-0.4, -0.2) is 54.7 Å². The number of amides is 1. The molecular formula is C19H30N2O5S. The minimum absolute atomic E-state index is 0.0623. The lowest BCUT2D eigenvalue weighted by atomic mass is 9.75. The number of hydrogen-bond acceptors (Lipinski definition) is 6. The lowest BCUT2D eigenvalue weighted by Crippen LogP contribution is -2.43. The van der Waals surface area contributed by atoms with Gasteiger partial charge in [-0.05, 0) is 37.0 Å². The second kappa shape index (κ2) is 7.89. The topological polar surface area (TPSA) is 93.1 Å². The second-order valence-corrected chi connectivity index (χ2v) is 10.8. The Kier molecular flexibility index (Phi) is 5.93. The predicted molar refractivity (Wildman–Crippen MR) is 102 cm³/mol. The molecule has 0 spiro atoms. The summed E-state index contributed by atoms with van der Waals surface area (Å²) in [6.45, 7) is 6.48. The average Bonchev–Trinajstić information content (AvgIpc) is 2.94. The molecule has 0 aromatic heterocycles. The van der Waals surface area contributed by atoms with E-state index in [1.165, 1.54) is 5.01 Å². The van der Waals surface area contributed by atoms with Gasteiger partial charge in [0.25, 0.3) is 0 Å². The van der Waals surface area contributed by atoms with Crippen molar-refractivity contribution in [1.29, 1.82) is 0 Å². The van der Waals surface area contributed by atoms with Crippen molar-refractivity contribution in [3.63, 3.8) is 0 Å². The maximum absolute atomic E-state index is 12.7. The quantitative estimate of drug-likeness (QED) is 0.677. The number of nitrogens with zero attached hydrogens (tertiary/aromatic N) is 2. The number of carbonyl (C=O) groups excluding carboxylic acids is 2. The Balaban J connectivity index is 1.71. The minimum Gasteiger partial charge on any atom is -0.458 e. The van der Waals surface area contributed by atoms with Gasteiger partial charge in [0, 0.05) is 12.8 Å². The standard InChI is InChI=1S/C19H30N2O5S/c1-12(2)15-5-4-13(3)10-17(15)26-19(23)16-6-7-18(22)21(20-16)14-8-9-27(24,25)11-14/h12-15,17H,4-11H2,1-3H3/t13-,14+,15-,17-/m1/s1. The lowest BCUT2D eigenvalue weighted by molar-refractivity contribution is -0.148. The van der Waals surface area contributed by atoms with Crippen LogP contribution in [0, 0.1) is 17.8 Å². The Bertz CT molecular complexity index is 730. The molecule has 152 valence electrons. The van der Waals surface area contributed by atoms with E-state index in [0.29, 0.717) is 24.2 Å². The molecule has 2 heterocycles. The Hall–Kier alpha value is -1.44. The fourth-order valence-electron chi connectivity index (χ4n) is 4.43. The molecule has 3 rings (SSSR count). The molecule has 1 amide bonds. The van der Waals surface area contributed by atoms with E-state index < -0.39 is 21.8 Å². The highest BCUT2D eigenvalue weighted by Crippen LogP contribution is 2.35. The zero-order valence-electron chi connectivity index (χ0n) is 16.4.